The van der Waals surface area contributed by atoms with Gasteiger partial charge < -0.3 is 15.3 Å². The predicted molar refractivity (Wildman–Crippen MR) is 136 cm³/mol. The Kier molecular flexibility index (Phi) is 7.27. The van der Waals surface area contributed by atoms with E-state index in [1.807, 2.05) is 69.4 Å². The first-order valence-corrected chi connectivity index (χ1v) is 12.0. The van der Waals surface area contributed by atoms with Crippen LogP contribution in [-0.4, -0.2) is 40.6 Å². The Morgan fingerprint density at radius 1 is 1.03 bits per heavy atom. The van der Waals surface area contributed by atoms with Crippen molar-refractivity contribution < 1.29 is 9.90 Å². The molecule has 0 radical (unpaired) electrons. The number of amides is 1. The Labute approximate surface area is 202 Å². The van der Waals surface area contributed by atoms with Crippen LogP contribution in [0.3, 0.4) is 0 Å². The van der Waals surface area contributed by atoms with Crippen molar-refractivity contribution in [3.05, 3.63) is 66.4 Å². The Bertz CT molecular complexity index is 1120. The molecule has 1 saturated heterocycles. The van der Waals surface area contributed by atoms with Crippen molar-refractivity contribution in [1.29, 1.82) is 0 Å². The smallest absolute Gasteiger partial charge is 0.225 e. The number of hydrogen-bond donors (Lipinski definition) is 2. The van der Waals surface area contributed by atoms with Crippen LogP contribution in [0.1, 0.15) is 39.2 Å². The minimum absolute atomic E-state index is 0.00876. The van der Waals surface area contributed by atoms with Crippen LogP contribution in [0.25, 0.3) is 22.5 Å². The van der Waals surface area contributed by atoms with Gasteiger partial charge in [0.15, 0.2) is 0 Å². The summed E-state index contributed by atoms with van der Waals surface area (Å²) in [4.78, 5) is 24.4. The van der Waals surface area contributed by atoms with E-state index in [2.05, 4.69) is 22.3 Å². The normalized spacial score (nSPS) is 14.8. The zero-order valence-electron chi connectivity index (χ0n) is 20.3. The number of benzene rings is 2. The fraction of sp³-hybridized carbons (Fsp3) is 0.393. The fourth-order valence-electron chi connectivity index (χ4n) is 4.23. The molecule has 6 nitrogen and oxygen atoms in total. The molecule has 1 fully saturated rings. The molecule has 2 N–H and O–H groups in total. The van der Waals surface area contributed by atoms with E-state index in [-0.39, 0.29) is 17.9 Å². The molecule has 2 heterocycles. The van der Waals surface area contributed by atoms with E-state index in [1.54, 1.807) is 0 Å². The third-order valence-corrected chi connectivity index (χ3v) is 6.36. The number of carbonyl (C=O) groups is 1. The number of hydrogen-bond acceptors (Lipinski definition) is 5. The number of anilines is 1. The minimum Gasteiger partial charge on any atom is -0.392 e. The molecular weight excluding hydrogens is 424 g/mol. The van der Waals surface area contributed by atoms with Crippen LogP contribution >= 0.6 is 0 Å². The number of aliphatic hydroxyl groups excluding tert-OH is 1. The Morgan fingerprint density at radius 2 is 1.74 bits per heavy atom. The molecule has 1 aliphatic heterocycles. The number of carbonyl (C=O) groups excluding carboxylic acids is 1. The zero-order chi connectivity index (χ0) is 24.1. The molecule has 0 atom stereocenters. The number of nitrogens with one attached hydrogen (secondary N) is 1. The number of piperidine rings is 1. The summed E-state index contributed by atoms with van der Waals surface area (Å²) in [6.45, 7) is 8.32. The van der Waals surface area contributed by atoms with Crippen LogP contribution in [0.2, 0.25) is 0 Å². The van der Waals surface area contributed by atoms with Crippen LogP contribution in [0.15, 0.2) is 60.8 Å². The second kappa shape index (κ2) is 10.3. The molecule has 34 heavy (non-hydrogen) atoms. The maximum absolute atomic E-state index is 12.2. The van der Waals surface area contributed by atoms with E-state index in [4.69, 9.17) is 9.97 Å². The molecule has 1 amide bonds. The summed E-state index contributed by atoms with van der Waals surface area (Å²) in [7, 11) is 0. The molecule has 2 aromatic carbocycles. The van der Waals surface area contributed by atoms with Crippen molar-refractivity contribution in [1.82, 2.24) is 15.3 Å². The van der Waals surface area contributed by atoms with E-state index in [0.29, 0.717) is 5.92 Å². The standard InChI is InChI=1S/C28H34N4O2/c1-28(2,3)27(34)30-17-20-12-14-32(15-13-20)24-18-29-25(23-11-7-8-21(16-23)19-33)26(31-24)22-9-5-4-6-10-22/h4-11,16,18,20,33H,12-15,17,19H2,1-3H3,(H,30,34). The van der Waals surface area contributed by atoms with Gasteiger partial charge in [-0.05, 0) is 30.4 Å². The lowest BCUT2D eigenvalue weighted by atomic mass is 9.93. The van der Waals surface area contributed by atoms with E-state index in [9.17, 15) is 9.90 Å². The largest absolute Gasteiger partial charge is 0.392 e. The molecule has 3 aromatic rings. The van der Waals surface area contributed by atoms with Crippen molar-refractivity contribution in [2.45, 2.75) is 40.2 Å². The summed E-state index contributed by atoms with van der Waals surface area (Å²) in [5.74, 6) is 1.46. The summed E-state index contributed by atoms with van der Waals surface area (Å²) in [6.07, 6.45) is 3.87. The number of rotatable bonds is 6. The third kappa shape index (κ3) is 5.62. The van der Waals surface area contributed by atoms with Crippen molar-refractivity contribution in [2.75, 3.05) is 24.5 Å². The zero-order valence-corrected chi connectivity index (χ0v) is 20.3. The van der Waals surface area contributed by atoms with Crippen molar-refractivity contribution >= 4 is 11.7 Å². The summed E-state index contributed by atoms with van der Waals surface area (Å²) >= 11 is 0. The average molecular weight is 459 g/mol. The molecule has 1 aromatic heterocycles. The van der Waals surface area contributed by atoms with E-state index >= 15 is 0 Å². The summed E-state index contributed by atoms with van der Waals surface area (Å²) in [6, 6.07) is 17.9. The number of nitrogens with zero attached hydrogens (tertiary/aromatic N) is 3. The molecule has 0 unspecified atom stereocenters. The van der Waals surface area contributed by atoms with Crippen LogP contribution in [0.4, 0.5) is 5.82 Å². The quantitative estimate of drug-likeness (QED) is 0.561. The predicted octanol–water partition coefficient (Wildman–Crippen LogP) is 4.68. The van der Waals surface area contributed by atoms with Gasteiger partial charge in [0.05, 0.1) is 24.2 Å². The van der Waals surface area contributed by atoms with E-state index in [1.165, 1.54) is 0 Å². The van der Waals surface area contributed by atoms with Gasteiger partial charge in [-0.3, -0.25) is 9.78 Å². The van der Waals surface area contributed by atoms with Gasteiger partial charge in [-0.15, -0.1) is 0 Å². The molecule has 0 bridgehead atoms. The first-order valence-electron chi connectivity index (χ1n) is 12.0. The summed E-state index contributed by atoms with van der Waals surface area (Å²) < 4.78 is 0. The SMILES string of the molecule is CC(C)(C)C(=O)NCC1CCN(c2cnc(-c3cccc(CO)c3)c(-c3ccccc3)n2)CC1. The Balaban J connectivity index is 1.53. The molecule has 6 heteroatoms. The fourth-order valence-corrected chi connectivity index (χ4v) is 4.23. The van der Waals surface area contributed by atoms with Gasteiger partial charge in [0.25, 0.3) is 0 Å². The lowest BCUT2D eigenvalue weighted by molar-refractivity contribution is -0.128. The van der Waals surface area contributed by atoms with Gasteiger partial charge in [-0.1, -0.05) is 69.3 Å². The van der Waals surface area contributed by atoms with Crippen molar-refractivity contribution in [2.24, 2.45) is 11.3 Å². The second-order valence-electron chi connectivity index (χ2n) is 10.0. The van der Waals surface area contributed by atoms with E-state index < -0.39 is 0 Å². The number of aliphatic hydroxyl groups is 1. The lowest BCUT2D eigenvalue weighted by Gasteiger charge is -2.33. The van der Waals surface area contributed by atoms with E-state index in [0.717, 1.165) is 66.4 Å². The first kappa shape index (κ1) is 23.9. The maximum atomic E-state index is 12.2. The molecule has 4 rings (SSSR count). The minimum atomic E-state index is -0.359. The highest BCUT2D eigenvalue weighted by molar-refractivity contribution is 5.81. The average Bonchev–Trinajstić information content (AvgIpc) is 2.87. The van der Waals surface area contributed by atoms with Crippen molar-refractivity contribution in [3.8, 4) is 22.5 Å². The molecule has 178 valence electrons. The molecule has 0 aliphatic carbocycles. The Morgan fingerprint density at radius 3 is 2.41 bits per heavy atom. The Hall–Kier alpha value is -3.25. The van der Waals surface area contributed by atoms with Gasteiger partial charge in [0, 0.05) is 36.2 Å². The van der Waals surface area contributed by atoms with Gasteiger partial charge in [-0.2, -0.15) is 0 Å². The summed E-state index contributed by atoms with van der Waals surface area (Å²) in [5, 5.41) is 12.7. The van der Waals surface area contributed by atoms with Crippen LogP contribution in [0.5, 0.6) is 0 Å². The highest BCUT2D eigenvalue weighted by Gasteiger charge is 2.25. The number of aromatic nitrogens is 2. The lowest BCUT2D eigenvalue weighted by Crippen LogP contribution is -2.42. The monoisotopic (exact) mass is 458 g/mol. The molecule has 0 saturated carbocycles. The van der Waals surface area contributed by atoms with Crippen molar-refractivity contribution in [3.63, 3.8) is 0 Å². The first-order chi connectivity index (χ1) is 16.3. The summed E-state index contributed by atoms with van der Waals surface area (Å²) in [5.41, 5.74) is 4.10. The van der Waals surface area contributed by atoms with Gasteiger partial charge >= 0.3 is 0 Å². The second-order valence-corrected chi connectivity index (χ2v) is 10.0. The van der Waals surface area contributed by atoms with Gasteiger partial charge in [0.2, 0.25) is 5.91 Å². The highest BCUT2D eigenvalue weighted by atomic mass is 16.3. The molecule has 0 spiro atoms. The van der Waals surface area contributed by atoms with Crippen LogP contribution in [0, 0.1) is 11.3 Å². The molecule has 1 aliphatic rings. The third-order valence-electron chi connectivity index (χ3n) is 6.36. The molecular formula is C28H34N4O2. The topological polar surface area (TPSA) is 78.4 Å². The maximum Gasteiger partial charge on any atom is 0.225 e. The van der Waals surface area contributed by atoms with Gasteiger partial charge in [0.1, 0.15) is 5.82 Å². The highest BCUT2D eigenvalue weighted by Crippen LogP contribution is 2.32. The van der Waals surface area contributed by atoms with Crippen LogP contribution in [-0.2, 0) is 11.4 Å². The van der Waals surface area contributed by atoms with Crippen LogP contribution < -0.4 is 10.2 Å². The van der Waals surface area contributed by atoms with Gasteiger partial charge in [-0.25, -0.2) is 4.98 Å².